The van der Waals surface area contributed by atoms with Crippen molar-refractivity contribution in [3.8, 4) is 0 Å². The van der Waals surface area contributed by atoms with Gasteiger partial charge < -0.3 is 15.2 Å². The number of amides is 1. The molecule has 1 fully saturated rings. The minimum absolute atomic E-state index is 0.00391. The molecule has 0 heterocycles. The van der Waals surface area contributed by atoms with Gasteiger partial charge in [-0.15, -0.1) is 0 Å². The van der Waals surface area contributed by atoms with Crippen LogP contribution in [0.1, 0.15) is 12.8 Å². The van der Waals surface area contributed by atoms with E-state index in [1.54, 1.807) is 0 Å². The first-order chi connectivity index (χ1) is 9.04. The molecule has 0 aromatic heterocycles. The van der Waals surface area contributed by atoms with Crippen LogP contribution < -0.4 is 5.32 Å². The number of esters is 1. The van der Waals surface area contributed by atoms with E-state index < -0.39 is 23.8 Å². The second-order valence-electron chi connectivity index (χ2n) is 4.96. The van der Waals surface area contributed by atoms with Crippen molar-refractivity contribution in [1.29, 1.82) is 0 Å². The number of hydrogen-bond donors (Lipinski definition) is 2. The lowest BCUT2D eigenvalue weighted by Crippen LogP contribution is -2.40. The van der Waals surface area contributed by atoms with Crippen LogP contribution in [0.15, 0.2) is 12.2 Å². The molecule has 0 aromatic carbocycles. The van der Waals surface area contributed by atoms with Gasteiger partial charge in [-0.3, -0.25) is 14.4 Å². The Labute approximate surface area is 110 Å². The Morgan fingerprint density at radius 1 is 1.26 bits per heavy atom. The molecule has 4 atom stereocenters. The Hall–Kier alpha value is -1.85. The molecule has 2 N–H and O–H groups in total. The van der Waals surface area contributed by atoms with Gasteiger partial charge in [-0.2, -0.15) is 0 Å². The zero-order valence-corrected chi connectivity index (χ0v) is 10.7. The van der Waals surface area contributed by atoms with Crippen LogP contribution in [-0.4, -0.2) is 36.6 Å². The van der Waals surface area contributed by atoms with Gasteiger partial charge in [0.25, 0.3) is 0 Å². The van der Waals surface area contributed by atoms with Crippen LogP contribution in [0.4, 0.5) is 0 Å². The summed E-state index contributed by atoms with van der Waals surface area (Å²) in [6.45, 7) is 0.176. The van der Waals surface area contributed by atoms with Gasteiger partial charge in [0.2, 0.25) is 5.91 Å². The minimum atomic E-state index is -0.926. The van der Waals surface area contributed by atoms with Crippen LogP contribution in [0.2, 0.25) is 0 Å². The molecule has 0 aliphatic heterocycles. The van der Waals surface area contributed by atoms with E-state index in [-0.39, 0.29) is 30.7 Å². The summed E-state index contributed by atoms with van der Waals surface area (Å²) in [5.41, 5.74) is 0. The number of methoxy groups -OCH3 is 1. The maximum Gasteiger partial charge on any atom is 0.307 e. The van der Waals surface area contributed by atoms with E-state index in [1.807, 2.05) is 12.2 Å². The minimum Gasteiger partial charge on any atom is -0.481 e. The highest BCUT2D eigenvalue weighted by atomic mass is 16.5. The van der Waals surface area contributed by atoms with E-state index in [4.69, 9.17) is 0 Å². The van der Waals surface area contributed by atoms with Gasteiger partial charge in [0.05, 0.1) is 25.4 Å². The van der Waals surface area contributed by atoms with E-state index in [1.165, 1.54) is 7.11 Å². The number of hydrogen-bond acceptors (Lipinski definition) is 4. The fourth-order valence-corrected chi connectivity index (χ4v) is 3.02. The standard InChI is InChI=1S/C13H17NO5/c1-19-9(15)4-5-14-12(16)10-7-2-3-8(6-7)11(10)13(17)18/h2-3,7-8,10-11H,4-6H2,1H3,(H,14,16)(H,17,18). The van der Waals surface area contributed by atoms with Gasteiger partial charge in [0, 0.05) is 6.54 Å². The molecule has 0 saturated heterocycles. The predicted octanol–water partition coefficient (Wildman–Crippen LogP) is 0.189. The van der Waals surface area contributed by atoms with Gasteiger partial charge in [0.1, 0.15) is 0 Å². The topological polar surface area (TPSA) is 92.7 Å². The monoisotopic (exact) mass is 267 g/mol. The van der Waals surface area contributed by atoms with E-state index >= 15 is 0 Å². The fourth-order valence-electron chi connectivity index (χ4n) is 3.02. The third-order valence-corrected chi connectivity index (χ3v) is 3.90. The van der Waals surface area contributed by atoms with Gasteiger partial charge in [-0.25, -0.2) is 0 Å². The van der Waals surface area contributed by atoms with Crippen molar-refractivity contribution in [2.24, 2.45) is 23.7 Å². The van der Waals surface area contributed by atoms with Crippen LogP contribution in [0.25, 0.3) is 0 Å². The molecule has 19 heavy (non-hydrogen) atoms. The molecule has 2 bridgehead atoms. The van der Waals surface area contributed by atoms with Crippen LogP contribution in [0.3, 0.4) is 0 Å². The first-order valence-corrected chi connectivity index (χ1v) is 6.30. The highest BCUT2D eigenvalue weighted by Crippen LogP contribution is 2.48. The Balaban J connectivity index is 1.93. The second-order valence-corrected chi connectivity index (χ2v) is 4.96. The summed E-state index contributed by atoms with van der Waals surface area (Å²) in [6.07, 6.45) is 4.64. The van der Waals surface area contributed by atoms with E-state index in [0.717, 1.165) is 6.42 Å². The maximum atomic E-state index is 12.1. The van der Waals surface area contributed by atoms with Crippen LogP contribution in [0.5, 0.6) is 0 Å². The molecule has 104 valence electrons. The van der Waals surface area contributed by atoms with Crippen molar-refractivity contribution in [3.63, 3.8) is 0 Å². The van der Waals surface area contributed by atoms with Crippen LogP contribution in [0, 0.1) is 23.7 Å². The Kier molecular flexibility index (Phi) is 3.87. The first-order valence-electron chi connectivity index (χ1n) is 6.30. The molecule has 2 aliphatic carbocycles. The lowest BCUT2D eigenvalue weighted by atomic mass is 9.82. The first kappa shape index (κ1) is 13.6. The Morgan fingerprint density at radius 3 is 2.47 bits per heavy atom. The summed E-state index contributed by atoms with van der Waals surface area (Å²) in [6, 6.07) is 0. The summed E-state index contributed by atoms with van der Waals surface area (Å²) in [4.78, 5) is 34.2. The summed E-state index contributed by atoms with van der Waals surface area (Å²) in [5, 5.41) is 11.8. The van der Waals surface area contributed by atoms with Gasteiger partial charge in [-0.1, -0.05) is 12.2 Å². The molecular formula is C13H17NO5. The number of carboxylic acids is 1. The highest BCUT2D eigenvalue weighted by Gasteiger charge is 2.51. The Bertz CT molecular complexity index is 431. The van der Waals surface area contributed by atoms with Crippen molar-refractivity contribution in [1.82, 2.24) is 5.32 Å². The maximum absolute atomic E-state index is 12.1. The predicted molar refractivity (Wildman–Crippen MR) is 65.0 cm³/mol. The molecule has 0 aromatic rings. The zero-order valence-electron chi connectivity index (χ0n) is 10.7. The van der Waals surface area contributed by atoms with Crippen molar-refractivity contribution in [2.45, 2.75) is 12.8 Å². The SMILES string of the molecule is COC(=O)CCNC(=O)C1C2C=CC(C2)C1C(=O)O. The van der Waals surface area contributed by atoms with Gasteiger partial charge in [-0.05, 0) is 18.3 Å². The average molecular weight is 267 g/mol. The number of carbonyl (C=O) groups is 3. The molecule has 1 amide bonds. The second kappa shape index (κ2) is 5.42. The number of nitrogens with one attached hydrogen (secondary N) is 1. The number of carbonyl (C=O) groups excluding carboxylic acids is 2. The third kappa shape index (κ3) is 2.62. The van der Waals surface area contributed by atoms with Crippen molar-refractivity contribution in [3.05, 3.63) is 12.2 Å². The summed E-state index contributed by atoms with van der Waals surface area (Å²) < 4.78 is 4.47. The van der Waals surface area contributed by atoms with Crippen LogP contribution in [-0.2, 0) is 19.1 Å². The number of rotatable bonds is 5. The quantitative estimate of drug-likeness (QED) is 0.548. The molecule has 0 spiro atoms. The van der Waals surface area contributed by atoms with Gasteiger partial charge >= 0.3 is 11.9 Å². The lowest BCUT2D eigenvalue weighted by Gasteiger charge is -2.23. The molecule has 2 rings (SSSR count). The summed E-state index contributed by atoms with van der Waals surface area (Å²) in [7, 11) is 1.28. The molecule has 4 unspecified atom stereocenters. The molecule has 1 saturated carbocycles. The number of carboxylic acid groups (broad SMARTS) is 1. The average Bonchev–Trinajstić information content (AvgIpc) is 2.98. The zero-order chi connectivity index (χ0) is 14.0. The highest BCUT2D eigenvalue weighted by molar-refractivity contribution is 5.87. The molecule has 6 heteroatoms. The Morgan fingerprint density at radius 2 is 1.89 bits per heavy atom. The molecule has 6 nitrogen and oxygen atoms in total. The van der Waals surface area contributed by atoms with Crippen molar-refractivity contribution < 1.29 is 24.2 Å². The largest absolute Gasteiger partial charge is 0.481 e. The van der Waals surface area contributed by atoms with Crippen molar-refractivity contribution >= 4 is 17.8 Å². The number of fused-ring (bicyclic) bond motifs is 2. The van der Waals surface area contributed by atoms with Crippen LogP contribution >= 0.6 is 0 Å². The van der Waals surface area contributed by atoms with E-state index in [2.05, 4.69) is 10.1 Å². The summed E-state index contributed by atoms with van der Waals surface area (Å²) in [5.74, 6) is -2.82. The third-order valence-electron chi connectivity index (χ3n) is 3.90. The summed E-state index contributed by atoms with van der Waals surface area (Å²) >= 11 is 0. The van der Waals surface area contributed by atoms with E-state index in [9.17, 15) is 19.5 Å². The van der Waals surface area contributed by atoms with E-state index in [0.29, 0.717) is 0 Å². The molecular weight excluding hydrogens is 250 g/mol. The number of ether oxygens (including phenoxy) is 1. The smallest absolute Gasteiger partial charge is 0.307 e. The van der Waals surface area contributed by atoms with Gasteiger partial charge in [0.15, 0.2) is 0 Å². The fraction of sp³-hybridized carbons (Fsp3) is 0.615. The number of aliphatic carboxylic acids is 1. The van der Waals surface area contributed by atoms with Crippen molar-refractivity contribution in [2.75, 3.05) is 13.7 Å². The lowest BCUT2D eigenvalue weighted by molar-refractivity contribution is -0.148. The normalized spacial score (nSPS) is 31.2. The molecule has 0 radical (unpaired) electrons. The molecule has 2 aliphatic rings. The number of allylic oxidation sites excluding steroid dienone is 2.